The van der Waals surface area contributed by atoms with Crippen LogP contribution in [0, 0.1) is 0 Å². The van der Waals surface area contributed by atoms with Crippen molar-refractivity contribution in [2.75, 3.05) is 0 Å². The number of ketones is 1. The van der Waals surface area contributed by atoms with Gasteiger partial charge in [0.05, 0.1) is 5.39 Å². The van der Waals surface area contributed by atoms with Gasteiger partial charge in [-0.1, -0.05) is 12.1 Å². The topological polar surface area (TPSA) is 93.8 Å². The van der Waals surface area contributed by atoms with E-state index in [1.807, 2.05) is 18.2 Å². The first-order chi connectivity index (χ1) is 11.7. The number of carbonyl (C=O) groups is 1. The second kappa shape index (κ2) is 4.64. The number of oxazole rings is 1. The molecule has 3 aromatic heterocycles. The lowest BCUT2D eigenvalue weighted by molar-refractivity contribution is 0.0972. The number of benzene rings is 1. The summed E-state index contributed by atoms with van der Waals surface area (Å²) >= 11 is 0. The van der Waals surface area contributed by atoms with E-state index in [9.17, 15) is 9.59 Å². The summed E-state index contributed by atoms with van der Waals surface area (Å²) in [5.74, 6) is 0.0414. The molecule has 0 aliphatic heterocycles. The van der Waals surface area contributed by atoms with E-state index in [0.717, 1.165) is 12.0 Å². The van der Waals surface area contributed by atoms with Gasteiger partial charge in [-0.25, -0.2) is 4.98 Å². The van der Waals surface area contributed by atoms with E-state index in [1.54, 1.807) is 12.3 Å². The Labute approximate surface area is 134 Å². The van der Waals surface area contributed by atoms with E-state index in [2.05, 4.69) is 15.1 Å². The van der Waals surface area contributed by atoms with Crippen LogP contribution in [0.3, 0.4) is 0 Å². The minimum Gasteiger partial charge on any atom is -0.422 e. The number of nitrogens with zero attached hydrogens (tertiary/aromatic N) is 3. The number of fused-ring (bicyclic) bond motifs is 4. The van der Waals surface area contributed by atoms with E-state index in [-0.39, 0.29) is 17.4 Å². The van der Waals surface area contributed by atoms with Crippen LogP contribution in [0.4, 0.5) is 0 Å². The first-order valence-corrected chi connectivity index (χ1v) is 7.74. The van der Waals surface area contributed by atoms with Gasteiger partial charge in [0.15, 0.2) is 17.0 Å². The largest absolute Gasteiger partial charge is 0.422 e. The van der Waals surface area contributed by atoms with E-state index in [0.29, 0.717) is 40.5 Å². The Bertz CT molecular complexity index is 1150. The Morgan fingerprint density at radius 2 is 2.04 bits per heavy atom. The normalized spacial score (nSPS) is 14.4. The van der Waals surface area contributed by atoms with Crippen LogP contribution in [0.1, 0.15) is 28.8 Å². The van der Waals surface area contributed by atoms with Crippen LogP contribution in [0.2, 0.25) is 0 Å². The fraction of sp³-hybridized carbons (Fsp3) is 0.176. The van der Waals surface area contributed by atoms with Gasteiger partial charge < -0.3 is 4.42 Å². The van der Waals surface area contributed by atoms with Crippen molar-refractivity contribution in [1.82, 2.24) is 19.7 Å². The molecule has 7 heteroatoms. The zero-order valence-corrected chi connectivity index (χ0v) is 12.6. The molecule has 118 valence electrons. The van der Waals surface area contributed by atoms with Crippen molar-refractivity contribution in [2.45, 2.75) is 19.3 Å². The molecule has 0 unspecified atom stereocenters. The van der Waals surface area contributed by atoms with Crippen molar-refractivity contribution < 1.29 is 9.21 Å². The Kier molecular flexibility index (Phi) is 2.56. The van der Waals surface area contributed by atoms with E-state index in [1.165, 1.54) is 4.68 Å². The summed E-state index contributed by atoms with van der Waals surface area (Å²) in [5, 5.41) is 3.38. The van der Waals surface area contributed by atoms with Crippen molar-refractivity contribution in [1.29, 1.82) is 0 Å². The fourth-order valence-electron chi connectivity index (χ4n) is 3.28. The number of para-hydroxylation sites is 2. The summed E-state index contributed by atoms with van der Waals surface area (Å²) in [6, 6.07) is 7.46. The highest BCUT2D eigenvalue weighted by Crippen LogP contribution is 2.26. The molecule has 1 aromatic carbocycles. The molecule has 7 nitrogen and oxygen atoms in total. The van der Waals surface area contributed by atoms with Gasteiger partial charge in [0.1, 0.15) is 5.52 Å². The van der Waals surface area contributed by atoms with Gasteiger partial charge in [0, 0.05) is 18.2 Å². The number of aryl methyl sites for hydroxylation is 1. The average Bonchev–Trinajstić information content (AvgIpc) is 3.16. The lowest BCUT2D eigenvalue weighted by atomic mass is 9.90. The molecule has 0 spiro atoms. The van der Waals surface area contributed by atoms with Crippen LogP contribution in [0.15, 0.2) is 39.7 Å². The highest BCUT2D eigenvalue weighted by atomic mass is 16.4. The number of H-pyrrole nitrogens is 1. The molecular weight excluding hydrogens is 308 g/mol. The van der Waals surface area contributed by atoms with Gasteiger partial charge >= 0.3 is 6.01 Å². The third kappa shape index (κ3) is 1.72. The summed E-state index contributed by atoms with van der Waals surface area (Å²) in [5.41, 5.74) is 2.74. The maximum atomic E-state index is 12.9. The molecular formula is C17H12N4O3. The molecule has 5 rings (SSSR count). The van der Waals surface area contributed by atoms with Gasteiger partial charge in [-0.3, -0.25) is 14.7 Å². The monoisotopic (exact) mass is 320 g/mol. The van der Waals surface area contributed by atoms with E-state index >= 15 is 0 Å². The molecule has 3 heterocycles. The Balaban J connectivity index is 1.80. The maximum Gasteiger partial charge on any atom is 0.325 e. The van der Waals surface area contributed by atoms with Crippen LogP contribution < -0.4 is 5.56 Å². The number of aromatic amines is 1. The first kappa shape index (κ1) is 13.2. The average molecular weight is 320 g/mol. The molecule has 0 bridgehead atoms. The lowest BCUT2D eigenvalue weighted by Crippen LogP contribution is -2.18. The zero-order chi connectivity index (χ0) is 16.3. The number of Topliss-reactive ketones (excluding diaryl/α,β-unsaturated/α-hetero) is 1. The Morgan fingerprint density at radius 3 is 2.92 bits per heavy atom. The SMILES string of the molecule is O=C1CCCc2c1cnc1[nH]n(-c3nc4ccccc4o3)c(=O)c21. The molecule has 1 aliphatic carbocycles. The third-order valence-electron chi connectivity index (χ3n) is 4.43. The van der Waals surface area contributed by atoms with Crippen LogP contribution in [0.5, 0.6) is 0 Å². The second-order valence-corrected chi connectivity index (χ2v) is 5.87. The smallest absolute Gasteiger partial charge is 0.325 e. The summed E-state index contributed by atoms with van der Waals surface area (Å²) in [7, 11) is 0. The molecule has 0 atom stereocenters. The molecule has 4 aromatic rings. The Hall–Kier alpha value is -3.22. The van der Waals surface area contributed by atoms with Gasteiger partial charge in [-0.15, -0.1) is 0 Å². The summed E-state index contributed by atoms with van der Waals surface area (Å²) < 4.78 is 6.90. The third-order valence-corrected chi connectivity index (χ3v) is 4.43. The van der Waals surface area contributed by atoms with Crippen LogP contribution in [0.25, 0.3) is 28.1 Å². The maximum absolute atomic E-state index is 12.9. The minimum atomic E-state index is -0.296. The minimum absolute atomic E-state index is 0.0414. The van der Waals surface area contributed by atoms with Crippen molar-refractivity contribution in [2.24, 2.45) is 0 Å². The summed E-state index contributed by atoms with van der Waals surface area (Å²) in [4.78, 5) is 33.5. The fourth-order valence-corrected chi connectivity index (χ4v) is 3.28. The van der Waals surface area contributed by atoms with Gasteiger partial charge in [-0.05, 0) is 30.5 Å². The van der Waals surface area contributed by atoms with Crippen molar-refractivity contribution in [3.8, 4) is 6.01 Å². The predicted molar refractivity (Wildman–Crippen MR) is 86.5 cm³/mol. The van der Waals surface area contributed by atoms with Crippen molar-refractivity contribution >= 4 is 27.9 Å². The summed E-state index contributed by atoms with van der Waals surface area (Å²) in [6.45, 7) is 0. The number of rotatable bonds is 1. The van der Waals surface area contributed by atoms with Crippen molar-refractivity contribution in [3.05, 3.63) is 51.9 Å². The molecule has 1 aliphatic rings. The number of nitrogens with one attached hydrogen (secondary N) is 1. The first-order valence-electron chi connectivity index (χ1n) is 7.74. The van der Waals surface area contributed by atoms with Crippen LogP contribution >= 0.6 is 0 Å². The molecule has 0 radical (unpaired) electrons. The van der Waals surface area contributed by atoms with Gasteiger partial charge in [0.2, 0.25) is 0 Å². The van der Waals surface area contributed by atoms with Gasteiger partial charge in [-0.2, -0.15) is 9.67 Å². The summed E-state index contributed by atoms with van der Waals surface area (Å²) in [6.07, 6.45) is 3.49. The molecule has 0 fully saturated rings. The van der Waals surface area contributed by atoms with Gasteiger partial charge in [0.25, 0.3) is 5.56 Å². The highest BCUT2D eigenvalue weighted by Gasteiger charge is 2.24. The molecule has 0 amide bonds. The van der Waals surface area contributed by atoms with Crippen molar-refractivity contribution in [3.63, 3.8) is 0 Å². The predicted octanol–water partition coefficient (Wildman–Crippen LogP) is 2.37. The molecule has 1 N–H and O–H groups in total. The highest BCUT2D eigenvalue weighted by molar-refractivity contribution is 6.02. The number of carbonyl (C=O) groups excluding carboxylic acids is 1. The number of pyridine rings is 1. The van der Waals surface area contributed by atoms with Crippen LogP contribution in [-0.2, 0) is 6.42 Å². The zero-order valence-electron chi connectivity index (χ0n) is 12.6. The lowest BCUT2D eigenvalue weighted by Gasteiger charge is -2.13. The second-order valence-electron chi connectivity index (χ2n) is 5.87. The quantitative estimate of drug-likeness (QED) is 0.581. The number of aromatic nitrogens is 4. The number of hydrogen-bond acceptors (Lipinski definition) is 5. The standard InChI is InChI=1S/C17H12N4O3/c22-12-6-3-4-9-10(12)8-18-15-14(9)16(23)21(20-15)17-19-11-5-1-2-7-13(11)24-17/h1-2,5,7-8H,3-4,6H2,(H,18,20). The number of hydrogen-bond donors (Lipinski definition) is 1. The van der Waals surface area contributed by atoms with E-state index in [4.69, 9.17) is 4.42 Å². The van der Waals surface area contributed by atoms with Crippen LogP contribution in [-0.4, -0.2) is 25.5 Å². The Morgan fingerprint density at radius 1 is 1.17 bits per heavy atom. The molecule has 24 heavy (non-hydrogen) atoms. The molecule has 0 saturated carbocycles. The molecule has 0 saturated heterocycles. The van der Waals surface area contributed by atoms with E-state index < -0.39 is 0 Å².